The lowest BCUT2D eigenvalue weighted by atomic mass is 10.1. The molecule has 0 aliphatic carbocycles. The summed E-state index contributed by atoms with van der Waals surface area (Å²) in [6.45, 7) is 4.18. The zero-order valence-corrected chi connectivity index (χ0v) is 16.0. The van der Waals surface area contributed by atoms with Crippen molar-refractivity contribution in [1.29, 1.82) is 0 Å². The fraction of sp³-hybridized carbons (Fsp3) is 0.227. The Morgan fingerprint density at radius 1 is 1.00 bits per heavy atom. The van der Waals surface area contributed by atoms with Crippen LogP contribution in [-0.2, 0) is 9.59 Å². The van der Waals surface area contributed by atoms with Crippen LogP contribution in [0.3, 0.4) is 0 Å². The Kier molecular flexibility index (Phi) is 7.96. The van der Waals surface area contributed by atoms with Gasteiger partial charge in [0.05, 0.1) is 0 Å². The topological polar surface area (TPSA) is 84.5 Å². The van der Waals surface area contributed by atoms with Gasteiger partial charge in [0.2, 0.25) is 5.91 Å². The van der Waals surface area contributed by atoms with Crippen molar-refractivity contribution < 1.29 is 19.1 Å². The van der Waals surface area contributed by atoms with Crippen molar-refractivity contribution >= 4 is 23.9 Å². The summed E-state index contributed by atoms with van der Waals surface area (Å²) in [5.74, 6) is -0.557. The Hall–Kier alpha value is -3.41. The molecule has 6 nitrogen and oxygen atoms in total. The monoisotopic (exact) mass is 380 g/mol. The largest absolute Gasteiger partial charge is 0.427 e. The molecule has 0 fully saturated rings. The molecule has 28 heavy (non-hydrogen) atoms. The highest BCUT2D eigenvalue weighted by Gasteiger charge is 2.07. The second-order valence-corrected chi connectivity index (χ2v) is 6.27. The molecule has 0 unspecified atom stereocenters. The molecule has 2 amide bonds. The number of carbonyl (C=O) groups excluding carboxylic acids is 3. The summed E-state index contributed by atoms with van der Waals surface area (Å²) < 4.78 is 4.96. The Morgan fingerprint density at radius 2 is 1.71 bits per heavy atom. The molecule has 0 aliphatic rings. The van der Waals surface area contributed by atoms with E-state index in [2.05, 4.69) is 10.6 Å². The molecule has 0 saturated carbocycles. The standard InChI is InChI=1S/C22H24N2O4/c1-16-7-9-18(10-8-16)11-12-21(26)23-13-4-14-24-22(27)19-5-3-6-20(15-19)28-17(2)25/h3,5-12,15H,4,13-14H2,1-2H3,(H,23,26)(H,24,27)/b12-11+. The zero-order chi connectivity index (χ0) is 20.4. The summed E-state index contributed by atoms with van der Waals surface area (Å²) >= 11 is 0. The highest BCUT2D eigenvalue weighted by atomic mass is 16.5. The van der Waals surface area contributed by atoms with Gasteiger partial charge in [-0.25, -0.2) is 0 Å². The van der Waals surface area contributed by atoms with Crippen LogP contribution in [0.2, 0.25) is 0 Å². The fourth-order valence-corrected chi connectivity index (χ4v) is 2.38. The van der Waals surface area contributed by atoms with Crippen molar-refractivity contribution in [1.82, 2.24) is 10.6 Å². The average molecular weight is 380 g/mol. The highest BCUT2D eigenvalue weighted by Crippen LogP contribution is 2.13. The second kappa shape index (κ2) is 10.7. The van der Waals surface area contributed by atoms with E-state index in [1.54, 1.807) is 24.3 Å². The van der Waals surface area contributed by atoms with Crippen molar-refractivity contribution in [2.24, 2.45) is 0 Å². The van der Waals surface area contributed by atoms with Crippen molar-refractivity contribution in [2.75, 3.05) is 13.1 Å². The van der Waals surface area contributed by atoms with E-state index in [-0.39, 0.29) is 11.8 Å². The van der Waals surface area contributed by atoms with Gasteiger partial charge in [-0.05, 0) is 43.2 Å². The molecule has 2 aromatic rings. The van der Waals surface area contributed by atoms with Gasteiger partial charge in [-0.2, -0.15) is 0 Å². The minimum absolute atomic E-state index is 0.180. The van der Waals surface area contributed by atoms with E-state index in [9.17, 15) is 14.4 Å². The van der Waals surface area contributed by atoms with Gasteiger partial charge in [-0.15, -0.1) is 0 Å². The van der Waals surface area contributed by atoms with E-state index in [0.717, 1.165) is 5.56 Å². The minimum atomic E-state index is -0.440. The van der Waals surface area contributed by atoms with Gasteiger partial charge in [0.15, 0.2) is 0 Å². The first kappa shape index (κ1) is 20.9. The summed E-state index contributed by atoms with van der Waals surface area (Å²) in [6.07, 6.45) is 3.84. The molecule has 2 rings (SSSR count). The second-order valence-electron chi connectivity index (χ2n) is 6.27. The third-order valence-corrected chi connectivity index (χ3v) is 3.80. The molecule has 0 heterocycles. The number of aryl methyl sites for hydroxylation is 1. The van der Waals surface area contributed by atoms with Crippen LogP contribution in [-0.4, -0.2) is 30.9 Å². The molecule has 2 aromatic carbocycles. The lowest BCUT2D eigenvalue weighted by Crippen LogP contribution is -2.29. The van der Waals surface area contributed by atoms with Gasteiger partial charge >= 0.3 is 5.97 Å². The van der Waals surface area contributed by atoms with Crippen molar-refractivity contribution in [3.63, 3.8) is 0 Å². The SMILES string of the molecule is CC(=O)Oc1cccc(C(=O)NCCCNC(=O)/C=C/c2ccc(C)cc2)c1. The van der Waals surface area contributed by atoms with Gasteiger partial charge < -0.3 is 15.4 Å². The predicted octanol–water partition coefficient (Wildman–Crippen LogP) is 2.87. The number of hydrogen-bond acceptors (Lipinski definition) is 4. The third kappa shape index (κ3) is 7.45. The molecule has 0 atom stereocenters. The maximum absolute atomic E-state index is 12.1. The number of nitrogens with one attached hydrogen (secondary N) is 2. The number of rotatable bonds is 8. The van der Waals surface area contributed by atoms with E-state index >= 15 is 0 Å². The average Bonchev–Trinajstić information content (AvgIpc) is 2.67. The van der Waals surface area contributed by atoms with E-state index in [1.807, 2.05) is 31.2 Å². The first-order valence-corrected chi connectivity index (χ1v) is 9.03. The van der Waals surface area contributed by atoms with Gasteiger partial charge in [0.1, 0.15) is 5.75 Å². The number of carbonyl (C=O) groups is 3. The first-order chi connectivity index (χ1) is 13.4. The molecule has 6 heteroatoms. The summed E-state index contributed by atoms with van der Waals surface area (Å²) in [5.41, 5.74) is 2.54. The maximum Gasteiger partial charge on any atom is 0.308 e. The molecule has 2 N–H and O–H groups in total. The van der Waals surface area contributed by atoms with Crippen LogP contribution in [0.25, 0.3) is 6.08 Å². The molecule has 0 bridgehead atoms. The molecule has 0 aliphatic heterocycles. The van der Waals surface area contributed by atoms with Crippen molar-refractivity contribution in [3.05, 3.63) is 71.3 Å². The van der Waals surface area contributed by atoms with E-state index in [1.165, 1.54) is 24.6 Å². The van der Waals surface area contributed by atoms with E-state index in [0.29, 0.717) is 30.8 Å². The molecule has 0 saturated heterocycles. The van der Waals surface area contributed by atoms with Crippen LogP contribution in [0.4, 0.5) is 0 Å². The van der Waals surface area contributed by atoms with E-state index < -0.39 is 5.97 Å². The summed E-state index contributed by atoms with van der Waals surface area (Å²) in [5, 5.41) is 5.54. The molecular formula is C22H24N2O4. The van der Waals surface area contributed by atoms with Crippen molar-refractivity contribution in [3.8, 4) is 5.75 Å². The van der Waals surface area contributed by atoms with Gasteiger partial charge in [-0.1, -0.05) is 35.9 Å². The molecular weight excluding hydrogens is 356 g/mol. The normalized spacial score (nSPS) is 10.5. The van der Waals surface area contributed by atoms with Crippen LogP contribution >= 0.6 is 0 Å². The highest BCUT2D eigenvalue weighted by molar-refractivity contribution is 5.94. The fourth-order valence-electron chi connectivity index (χ4n) is 2.38. The zero-order valence-electron chi connectivity index (χ0n) is 16.0. The number of amides is 2. The number of hydrogen-bond donors (Lipinski definition) is 2. The number of esters is 1. The lowest BCUT2D eigenvalue weighted by molar-refractivity contribution is -0.131. The predicted molar refractivity (Wildman–Crippen MR) is 108 cm³/mol. The summed E-state index contributed by atoms with van der Waals surface area (Å²) in [4.78, 5) is 34.9. The molecule has 0 radical (unpaired) electrons. The van der Waals surface area contributed by atoms with E-state index in [4.69, 9.17) is 4.74 Å². The van der Waals surface area contributed by atoms with Crippen LogP contribution in [0.5, 0.6) is 5.75 Å². The Morgan fingerprint density at radius 3 is 2.43 bits per heavy atom. The Labute approximate surface area is 164 Å². The van der Waals surface area contributed by atoms with Crippen LogP contribution in [0.15, 0.2) is 54.6 Å². The third-order valence-electron chi connectivity index (χ3n) is 3.80. The minimum Gasteiger partial charge on any atom is -0.427 e. The number of benzene rings is 2. The van der Waals surface area contributed by atoms with Crippen molar-refractivity contribution in [2.45, 2.75) is 20.3 Å². The maximum atomic E-state index is 12.1. The number of ether oxygens (including phenoxy) is 1. The summed E-state index contributed by atoms with van der Waals surface area (Å²) in [7, 11) is 0. The van der Waals surface area contributed by atoms with Gasteiger partial charge in [-0.3, -0.25) is 14.4 Å². The molecule has 0 aromatic heterocycles. The van der Waals surface area contributed by atoms with Crippen LogP contribution in [0, 0.1) is 6.92 Å². The quantitative estimate of drug-likeness (QED) is 0.319. The molecule has 146 valence electrons. The van der Waals surface area contributed by atoms with Gasteiger partial charge in [0, 0.05) is 31.7 Å². The van der Waals surface area contributed by atoms with Gasteiger partial charge in [0.25, 0.3) is 5.91 Å². The first-order valence-electron chi connectivity index (χ1n) is 9.03. The smallest absolute Gasteiger partial charge is 0.308 e. The summed E-state index contributed by atoms with van der Waals surface area (Å²) in [6, 6.07) is 14.3. The van der Waals surface area contributed by atoms with Crippen LogP contribution in [0.1, 0.15) is 34.8 Å². The Balaban J connectivity index is 1.68. The van der Waals surface area contributed by atoms with Crippen LogP contribution < -0.4 is 15.4 Å². The lowest BCUT2D eigenvalue weighted by Gasteiger charge is -2.07. The Bertz CT molecular complexity index is 857. The molecule has 0 spiro atoms.